The number of carbonyl (C=O) groups excluding carboxylic acids is 1. The first kappa shape index (κ1) is 21.9. The van der Waals surface area contributed by atoms with Gasteiger partial charge in [0.15, 0.2) is 17.3 Å². The highest BCUT2D eigenvalue weighted by Crippen LogP contribution is 2.36. The second kappa shape index (κ2) is 7.98. The molecule has 0 amide bonds. The third-order valence-electron chi connectivity index (χ3n) is 6.53. The number of piperazine rings is 1. The molecule has 2 N–H and O–H groups in total. The molecule has 1 saturated carbocycles. The fourth-order valence-electron chi connectivity index (χ4n) is 4.92. The number of nitrogens with one attached hydrogen (secondary N) is 2. The van der Waals surface area contributed by atoms with E-state index in [2.05, 4.69) is 44.6 Å². The summed E-state index contributed by atoms with van der Waals surface area (Å²) in [6, 6.07) is 5.06. The van der Waals surface area contributed by atoms with E-state index < -0.39 is 11.6 Å². The number of rotatable bonds is 4. The molecular formula is C24H26F2N8O. The normalized spacial score (nSPS) is 20.7. The maximum atomic E-state index is 15.6. The van der Waals surface area contributed by atoms with Crippen molar-refractivity contribution >= 4 is 39.6 Å². The van der Waals surface area contributed by atoms with Crippen LogP contribution >= 0.6 is 0 Å². The lowest BCUT2D eigenvalue weighted by atomic mass is 10.1. The summed E-state index contributed by atoms with van der Waals surface area (Å²) >= 11 is 0. The Morgan fingerprint density at radius 1 is 1.09 bits per heavy atom. The highest BCUT2D eigenvalue weighted by Gasteiger charge is 2.34. The van der Waals surface area contributed by atoms with Crippen LogP contribution < -0.4 is 15.5 Å². The van der Waals surface area contributed by atoms with Crippen molar-refractivity contribution in [1.82, 2.24) is 29.7 Å². The fourth-order valence-corrected chi connectivity index (χ4v) is 4.92. The Labute approximate surface area is 200 Å². The maximum Gasteiger partial charge on any atom is 0.250 e. The molecule has 2 fully saturated rings. The first-order chi connectivity index (χ1) is 16.8. The first-order valence-corrected chi connectivity index (χ1v) is 11.8. The van der Waals surface area contributed by atoms with Gasteiger partial charge in [-0.15, -0.1) is 5.10 Å². The van der Waals surface area contributed by atoms with Crippen molar-refractivity contribution in [2.45, 2.75) is 45.7 Å². The molecule has 9 nitrogen and oxygen atoms in total. The van der Waals surface area contributed by atoms with E-state index in [9.17, 15) is 9.18 Å². The molecular weight excluding hydrogens is 454 g/mol. The number of fused-ring (bicyclic) bond motifs is 2. The predicted molar refractivity (Wildman–Crippen MR) is 128 cm³/mol. The van der Waals surface area contributed by atoms with Gasteiger partial charge in [0.2, 0.25) is 0 Å². The van der Waals surface area contributed by atoms with Crippen molar-refractivity contribution < 1.29 is 13.6 Å². The van der Waals surface area contributed by atoms with Gasteiger partial charge in [-0.3, -0.25) is 4.79 Å². The second-order valence-corrected chi connectivity index (χ2v) is 9.70. The maximum absolute atomic E-state index is 15.6. The van der Waals surface area contributed by atoms with Crippen molar-refractivity contribution in [2.75, 3.05) is 23.3 Å². The monoisotopic (exact) mass is 480 g/mol. The van der Waals surface area contributed by atoms with Crippen LogP contribution in [-0.4, -0.2) is 55.5 Å². The second-order valence-electron chi connectivity index (χ2n) is 9.70. The SMILES string of the molecule is Cc1nc2c(F)cc(Nc3nn(C(=O)C4CC4)c4cc(N5C[C@H](C)N[C@@H](C)C5)cc(F)c34)cn2n1. The van der Waals surface area contributed by atoms with Gasteiger partial charge in [0.1, 0.15) is 11.6 Å². The van der Waals surface area contributed by atoms with E-state index in [1.807, 2.05) is 6.07 Å². The average Bonchev–Trinajstić information content (AvgIpc) is 3.48. The molecule has 0 spiro atoms. The zero-order chi connectivity index (χ0) is 24.4. The van der Waals surface area contributed by atoms with Crippen molar-refractivity contribution in [3.8, 4) is 0 Å². The number of nitrogens with zero attached hydrogens (tertiary/aromatic N) is 6. The molecule has 1 saturated heterocycles. The Morgan fingerprint density at radius 3 is 2.54 bits per heavy atom. The highest BCUT2D eigenvalue weighted by atomic mass is 19.1. The van der Waals surface area contributed by atoms with Crippen molar-refractivity contribution in [3.05, 3.63) is 41.9 Å². The van der Waals surface area contributed by atoms with E-state index in [1.54, 1.807) is 13.1 Å². The van der Waals surface area contributed by atoms with Gasteiger partial charge in [-0.05, 0) is 45.7 Å². The summed E-state index contributed by atoms with van der Waals surface area (Å²) in [7, 11) is 0. The van der Waals surface area contributed by atoms with Crippen LogP contribution in [0.2, 0.25) is 0 Å². The number of halogens is 2. The molecule has 1 aliphatic carbocycles. The minimum absolute atomic E-state index is 0.0997. The quantitative estimate of drug-likeness (QED) is 0.461. The lowest BCUT2D eigenvalue weighted by Crippen LogP contribution is -2.54. The van der Waals surface area contributed by atoms with Crippen LogP contribution in [-0.2, 0) is 0 Å². The third kappa shape index (κ3) is 3.89. The van der Waals surface area contributed by atoms with Crippen molar-refractivity contribution in [3.63, 3.8) is 0 Å². The number of hydrogen-bond donors (Lipinski definition) is 2. The van der Waals surface area contributed by atoms with Gasteiger partial charge >= 0.3 is 0 Å². The zero-order valence-electron chi connectivity index (χ0n) is 19.7. The van der Waals surface area contributed by atoms with Crippen molar-refractivity contribution in [1.29, 1.82) is 0 Å². The molecule has 35 heavy (non-hydrogen) atoms. The number of aromatic nitrogens is 5. The van der Waals surface area contributed by atoms with Gasteiger partial charge in [0.05, 0.1) is 22.8 Å². The molecule has 0 bridgehead atoms. The highest BCUT2D eigenvalue weighted by molar-refractivity contribution is 6.01. The van der Waals surface area contributed by atoms with Crippen molar-refractivity contribution in [2.24, 2.45) is 5.92 Å². The Kier molecular flexibility index (Phi) is 4.99. The molecule has 1 aromatic carbocycles. The summed E-state index contributed by atoms with van der Waals surface area (Å²) in [5, 5.41) is 15.3. The van der Waals surface area contributed by atoms with E-state index >= 15 is 4.39 Å². The molecule has 4 heterocycles. The Bertz CT molecular complexity index is 1460. The van der Waals surface area contributed by atoms with Crippen LogP contribution in [0.5, 0.6) is 0 Å². The smallest absolute Gasteiger partial charge is 0.250 e. The molecule has 11 heteroatoms. The summed E-state index contributed by atoms with van der Waals surface area (Å²) < 4.78 is 32.9. The number of carbonyl (C=O) groups is 1. The van der Waals surface area contributed by atoms with Gasteiger partial charge in [0, 0.05) is 42.8 Å². The van der Waals surface area contributed by atoms with Crippen LogP contribution in [0.4, 0.5) is 26.0 Å². The molecule has 1 aliphatic heterocycles. The summed E-state index contributed by atoms with van der Waals surface area (Å²) in [5.41, 5.74) is 1.52. The molecule has 2 aliphatic rings. The fraction of sp³-hybridized carbons (Fsp3) is 0.417. The van der Waals surface area contributed by atoms with Crippen LogP contribution in [0.1, 0.15) is 37.3 Å². The third-order valence-corrected chi connectivity index (χ3v) is 6.53. The summed E-state index contributed by atoms with van der Waals surface area (Å²) in [6.07, 6.45) is 3.15. The molecule has 6 rings (SSSR count). The minimum Gasteiger partial charge on any atom is -0.368 e. The summed E-state index contributed by atoms with van der Waals surface area (Å²) in [6.45, 7) is 7.30. The topological polar surface area (TPSA) is 92.4 Å². The summed E-state index contributed by atoms with van der Waals surface area (Å²) in [4.78, 5) is 19.2. The minimum atomic E-state index is -0.571. The van der Waals surface area contributed by atoms with Crippen LogP contribution in [0, 0.1) is 24.5 Å². The van der Waals surface area contributed by atoms with Gasteiger partial charge in [-0.2, -0.15) is 9.78 Å². The molecule has 4 aromatic rings. The van der Waals surface area contributed by atoms with Gasteiger partial charge in [-0.1, -0.05) is 0 Å². The number of benzene rings is 1. The Balaban J connectivity index is 1.45. The number of pyridine rings is 1. The van der Waals surface area contributed by atoms with E-state index in [1.165, 1.54) is 21.3 Å². The van der Waals surface area contributed by atoms with Crippen LogP contribution in [0.15, 0.2) is 24.4 Å². The number of anilines is 3. The number of aryl methyl sites for hydroxylation is 1. The molecule has 182 valence electrons. The first-order valence-electron chi connectivity index (χ1n) is 11.8. The van der Waals surface area contributed by atoms with Gasteiger partial charge in [0.25, 0.3) is 5.91 Å². The molecule has 0 radical (unpaired) electrons. The Morgan fingerprint density at radius 2 is 1.83 bits per heavy atom. The number of hydrogen-bond acceptors (Lipinski definition) is 7. The molecule has 0 unspecified atom stereocenters. The standard InChI is InChI=1S/C24H26F2N8O/c1-12-9-32(10-13(2)27-12)17-7-18(25)21-20(8-17)34(24(35)15-4-5-15)31-22(21)29-16-6-19(26)23-28-14(3)30-33(23)11-16/h6-8,11-13,15,27H,4-5,9-10H2,1-3H3,(H,29,31)/t12-,13-/m0/s1. The van der Waals surface area contributed by atoms with Crippen LogP contribution in [0.25, 0.3) is 16.6 Å². The van der Waals surface area contributed by atoms with Gasteiger partial charge < -0.3 is 15.5 Å². The predicted octanol–water partition coefficient (Wildman–Crippen LogP) is 3.65. The molecule has 2 atom stereocenters. The van der Waals surface area contributed by atoms with Crippen LogP contribution in [0.3, 0.4) is 0 Å². The lowest BCUT2D eigenvalue weighted by Gasteiger charge is -2.37. The Hall–Kier alpha value is -3.60. The summed E-state index contributed by atoms with van der Waals surface area (Å²) in [5.74, 6) is -0.749. The van der Waals surface area contributed by atoms with E-state index in [4.69, 9.17) is 0 Å². The average molecular weight is 481 g/mol. The van der Waals surface area contributed by atoms with E-state index in [0.29, 0.717) is 22.7 Å². The van der Waals surface area contributed by atoms with Gasteiger partial charge in [-0.25, -0.2) is 18.3 Å². The molecule has 3 aromatic heterocycles. The largest absolute Gasteiger partial charge is 0.368 e. The van der Waals surface area contributed by atoms with E-state index in [-0.39, 0.29) is 40.8 Å². The lowest BCUT2D eigenvalue weighted by molar-refractivity contribution is 0.0876. The van der Waals surface area contributed by atoms with E-state index in [0.717, 1.165) is 25.9 Å². The zero-order valence-corrected chi connectivity index (χ0v) is 19.7.